The molecule has 0 aromatic heterocycles. The minimum Gasteiger partial charge on any atom is -0.493 e. The quantitative estimate of drug-likeness (QED) is 0.509. The van der Waals surface area contributed by atoms with E-state index >= 15 is 0 Å². The standard InChI is InChI=1S/C23H27NO5/c1-15(2)23(27)24-19-9-7-18(8-10-19)20(25)14-29-22(26)11-12-28-21-13-16(3)5-6-17(21)4/h5-10,13,15H,11-12,14H2,1-4H3,(H,24,27). The molecule has 0 fully saturated rings. The van der Waals surface area contributed by atoms with Crippen LogP contribution in [-0.2, 0) is 14.3 Å². The first-order valence-electron chi connectivity index (χ1n) is 9.56. The van der Waals surface area contributed by atoms with Crippen LogP contribution in [0.4, 0.5) is 5.69 Å². The van der Waals surface area contributed by atoms with Crippen molar-refractivity contribution < 1.29 is 23.9 Å². The Morgan fingerprint density at radius 2 is 1.69 bits per heavy atom. The van der Waals surface area contributed by atoms with Crippen LogP contribution in [0.1, 0.15) is 41.8 Å². The van der Waals surface area contributed by atoms with E-state index in [1.54, 1.807) is 38.1 Å². The van der Waals surface area contributed by atoms with Crippen molar-refractivity contribution in [3.63, 3.8) is 0 Å². The second-order valence-corrected chi connectivity index (χ2v) is 7.17. The van der Waals surface area contributed by atoms with Gasteiger partial charge in [0.2, 0.25) is 5.91 Å². The van der Waals surface area contributed by atoms with E-state index < -0.39 is 5.97 Å². The molecule has 0 aliphatic heterocycles. The third-order valence-corrected chi connectivity index (χ3v) is 4.27. The van der Waals surface area contributed by atoms with Gasteiger partial charge in [-0.05, 0) is 55.3 Å². The number of rotatable bonds is 9. The van der Waals surface area contributed by atoms with Gasteiger partial charge in [0.15, 0.2) is 12.4 Å². The van der Waals surface area contributed by atoms with Crippen molar-refractivity contribution in [2.24, 2.45) is 5.92 Å². The molecule has 154 valence electrons. The number of nitrogens with one attached hydrogen (secondary N) is 1. The lowest BCUT2D eigenvalue weighted by atomic mass is 10.1. The van der Waals surface area contributed by atoms with Crippen LogP contribution in [0.15, 0.2) is 42.5 Å². The summed E-state index contributed by atoms with van der Waals surface area (Å²) in [5.74, 6) is -0.297. The zero-order chi connectivity index (χ0) is 21.4. The third kappa shape index (κ3) is 7.07. The van der Waals surface area contributed by atoms with Crippen molar-refractivity contribution in [2.75, 3.05) is 18.5 Å². The molecule has 0 radical (unpaired) electrons. The van der Waals surface area contributed by atoms with Crippen LogP contribution in [0.25, 0.3) is 0 Å². The summed E-state index contributed by atoms with van der Waals surface area (Å²) in [6.07, 6.45) is 0.0564. The SMILES string of the molecule is Cc1ccc(C)c(OCCC(=O)OCC(=O)c2ccc(NC(=O)C(C)C)cc2)c1. The lowest BCUT2D eigenvalue weighted by Crippen LogP contribution is -2.18. The minimum absolute atomic E-state index is 0.0564. The van der Waals surface area contributed by atoms with Gasteiger partial charge in [-0.3, -0.25) is 14.4 Å². The Morgan fingerprint density at radius 3 is 2.34 bits per heavy atom. The highest BCUT2D eigenvalue weighted by atomic mass is 16.5. The Bertz CT molecular complexity index is 871. The van der Waals surface area contributed by atoms with E-state index in [4.69, 9.17) is 9.47 Å². The van der Waals surface area contributed by atoms with Crippen molar-refractivity contribution in [1.29, 1.82) is 0 Å². The molecular formula is C23H27NO5. The molecule has 0 heterocycles. The number of ketones is 1. The summed E-state index contributed by atoms with van der Waals surface area (Å²) in [7, 11) is 0. The molecule has 0 aliphatic carbocycles. The number of carbonyl (C=O) groups excluding carboxylic acids is 3. The maximum atomic E-state index is 12.2. The van der Waals surface area contributed by atoms with Gasteiger partial charge in [0, 0.05) is 17.2 Å². The van der Waals surface area contributed by atoms with Crippen molar-refractivity contribution in [3.05, 3.63) is 59.2 Å². The van der Waals surface area contributed by atoms with Crippen LogP contribution in [0, 0.1) is 19.8 Å². The average Bonchev–Trinajstić information content (AvgIpc) is 2.69. The second-order valence-electron chi connectivity index (χ2n) is 7.17. The molecule has 0 spiro atoms. The van der Waals surface area contributed by atoms with E-state index in [2.05, 4.69) is 5.32 Å². The number of esters is 1. The summed E-state index contributed by atoms with van der Waals surface area (Å²) in [5.41, 5.74) is 3.09. The molecule has 0 unspecified atom stereocenters. The average molecular weight is 397 g/mol. The molecule has 1 N–H and O–H groups in total. The van der Waals surface area contributed by atoms with Gasteiger partial charge >= 0.3 is 5.97 Å². The van der Waals surface area contributed by atoms with Crippen LogP contribution in [0.5, 0.6) is 5.75 Å². The molecule has 2 aromatic carbocycles. The lowest BCUT2D eigenvalue weighted by Gasteiger charge is -2.10. The van der Waals surface area contributed by atoms with Gasteiger partial charge in [-0.1, -0.05) is 26.0 Å². The minimum atomic E-state index is -0.496. The van der Waals surface area contributed by atoms with Crippen molar-refractivity contribution in [1.82, 2.24) is 0 Å². The summed E-state index contributed by atoms with van der Waals surface area (Å²) in [4.78, 5) is 35.7. The van der Waals surface area contributed by atoms with E-state index in [0.717, 1.165) is 16.9 Å². The highest BCUT2D eigenvalue weighted by Crippen LogP contribution is 2.19. The van der Waals surface area contributed by atoms with Crippen LogP contribution >= 0.6 is 0 Å². The number of hydrogen-bond acceptors (Lipinski definition) is 5. The lowest BCUT2D eigenvalue weighted by molar-refractivity contribution is -0.143. The van der Waals surface area contributed by atoms with E-state index in [9.17, 15) is 14.4 Å². The normalized spacial score (nSPS) is 10.5. The van der Waals surface area contributed by atoms with Crippen LogP contribution in [0.2, 0.25) is 0 Å². The smallest absolute Gasteiger partial charge is 0.309 e. The van der Waals surface area contributed by atoms with Crippen LogP contribution < -0.4 is 10.1 Å². The first-order valence-corrected chi connectivity index (χ1v) is 9.56. The third-order valence-electron chi connectivity index (χ3n) is 4.27. The van der Waals surface area contributed by atoms with Gasteiger partial charge in [-0.2, -0.15) is 0 Å². The molecule has 29 heavy (non-hydrogen) atoms. The summed E-state index contributed by atoms with van der Waals surface area (Å²) in [6.45, 7) is 7.35. The second kappa shape index (κ2) is 10.4. The Balaban J connectivity index is 1.76. The Hall–Kier alpha value is -3.15. The zero-order valence-electron chi connectivity index (χ0n) is 17.3. The summed E-state index contributed by atoms with van der Waals surface area (Å²) in [5, 5.41) is 2.75. The van der Waals surface area contributed by atoms with E-state index in [1.807, 2.05) is 32.0 Å². The fourth-order valence-electron chi connectivity index (χ4n) is 2.43. The highest BCUT2D eigenvalue weighted by molar-refractivity contribution is 5.99. The summed E-state index contributed by atoms with van der Waals surface area (Å²) in [6, 6.07) is 12.3. The first kappa shape index (κ1) is 22.1. The number of benzene rings is 2. The molecule has 6 heteroatoms. The molecule has 0 atom stereocenters. The monoisotopic (exact) mass is 397 g/mol. The number of anilines is 1. The van der Waals surface area contributed by atoms with Crippen molar-refractivity contribution >= 4 is 23.3 Å². The summed E-state index contributed by atoms with van der Waals surface area (Å²) >= 11 is 0. The molecule has 0 saturated heterocycles. The van der Waals surface area contributed by atoms with E-state index in [1.165, 1.54) is 0 Å². The maximum Gasteiger partial charge on any atom is 0.309 e. The molecule has 0 saturated carbocycles. The highest BCUT2D eigenvalue weighted by Gasteiger charge is 2.12. The van der Waals surface area contributed by atoms with Gasteiger partial charge in [-0.15, -0.1) is 0 Å². The number of carbonyl (C=O) groups is 3. The van der Waals surface area contributed by atoms with Gasteiger partial charge < -0.3 is 14.8 Å². The molecule has 1 amide bonds. The molecule has 0 bridgehead atoms. The number of aryl methyl sites for hydroxylation is 2. The first-order chi connectivity index (χ1) is 13.8. The predicted molar refractivity (Wildman–Crippen MR) is 111 cm³/mol. The van der Waals surface area contributed by atoms with Crippen molar-refractivity contribution in [3.8, 4) is 5.75 Å². The predicted octanol–water partition coefficient (Wildman–Crippen LogP) is 4.09. The number of ether oxygens (including phenoxy) is 2. The Labute approximate surface area is 171 Å². The van der Waals surface area contributed by atoms with Gasteiger partial charge in [0.05, 0.1) is 13.0 Å². The summed E-state index contributed by atoms with van der Waals surface area (Å²) < 4.78 is 10.7. The largest absolute Gasteiger partial charge is 0.493 e. The van der Waals surface area contributed by atoms with Crippen molar-refractivity contribution in [2.45, 2.75) is 34.1 Å². The van der Waals surface area contributed by atoms with Crippen LogP contribution in [-0.4, -0.2) is 30.9 Å². The van der Waals surface area contributed by atoms with Gasteiger partial charge in [-0.25, -0.2) is 0 Å². The van der Waals surface area contributed by atoms with Gasteiger partial charge in [0.1, 0.15) is 5.75 Å². The Kier molecular flexibility index (Phi) is 7.95. The molecular weight excluding hydrogens is 370 g/mol. The number of Topliss-reactive ketones (excluding diaryl/α,β-unsaturated/α-hetero) is 1. The maximum absolute atomic E-state index is 12.2. The zero-order valence-corrected chi connectivity index (χ0v) is 17.3. The fraction of sp³-hybridized carbons (Fsp3) is 0.348. The fourth-order valence-corrected chi connectivity index (χ4v) is 2.43. The molecule has 0 aliphatic rings. The number of amides is 1. The van der Waals surface area contributed by atoms with Gasteiger partial charge in [0.25, 0.3) is 0 Å². The Morgan fingerprint density at radius 1 is 1.00 bits per heavy atom. The topological polar surface area (TPSA) is 81.7 Å². The van der Waals surface area contributed by atoms with E-state index in [0.29, 0.717) is 11.3 Å². The molecule has 2 rings (SSSR count). The van der Waals surface area contributed by atoms with Crippen LogP contribution in [0.3, 0.4) is 0 Å². The molecule has 2 aromatic rings. The molecule has 6 nitrogen and oxygen atoms in total. The van der Waals surface area contributed by atoms with E-state index in [-0.39, 0.29) is 37.2 Å². The number of hydrogen-bond donors (Lipinski definition) is 1.